The smallest absolute Gasteiger partial charge is 0.340 e. The van der Waals surface area contributed by atoms with Crippen LogP contribution in [0.15, 0.2) is 84.0 Å². The molecule has 0 saturated heterocycles. The van der Waals surface area contributed by atoms with E-state index >= 15 is 0 Å². The Balaban J connectivity index is 1.62. The van der Waals surface area contributed by atoms with E-state index in [9.17, 15) is 8.42 Å². The molecule has 0 radical (unpaired) electrons. The largest absolute Gasteiger partial charge is 0.356 e. The number of thiophene rings is 1. The van der Waals surface area contributed by atoms with Gasteiger partial charge in [-0.1, -0.05) is 56.8 Å². The topological polar surface area (TPSA) is 82.0 Å². The van der Waals surface area contributed by atoms with Gasteiger partial charge in [0.05, 0.1) is 5.52 Å². The molecule has 5 aromatic rings. The summed E-state index contributed by atoms with van der Waals surface area (Å²) < 4.78 is 32.6. The molecular formula is C27H22N3O3PS3. The fourth-order valence-electron chi connectivity index (χ4n) is 3.69. The highest BCUT2D eigenvalue weighted by Gasteiger charge is 2.23. The molecule has 0 unspecified atom stereocenters. The average molecular weight is 564 g/mol. The number of aromatic nitrogens is 3. The Morgan fingerprint density at radius 2 is 1.57 bits per heavy atom. The zero-order valence-electron chi connectivity index (χ0n) is 20.2. The molecule has 3 aromatic heterocycles. The van der Waals surface area contributed by atoms with Crippen LogP contribution in [-0.4, -0.2) is 23.4 Å². The molecule has 0 amide bonds. The minimum absolute atomic E-state index is 0.00940. The summed E-state index contributed by atoms with van der Waals surface area (Å²) in [4.78, 5) is 14.3. The van der Waals surface area contributed by atoms with E-state index < -0.39 is 10.1 Å². The number of hydrogen-bond donors (Lipinski definition) is 0. The first-order chi connectivity index (χ1) is 17.6. The lowest BCUT2D eigenvalue weighted by molar-refractivity contribution is 0.479. The molecule has 0 spiro atoms. The first-order valence-electron chi connectivity index (χ1n) is 11.3. The Labute approximate surface area is 226 Å². The third kappa shape index (κ3) is 5.45. The number of benzene rings is 2. The highest BCUT2D eigenvalue weighted by atomic mass is 32.4. The molecule has 5 rings (SSSR count). The maximum absolute atomic E-state index is 13.2. The lowest BCUT2D eigenvalue weighted by Gasteiger charge is -2.18. The molecule has 2 aromatic carbocycles. The molecule has 0 fully saturated rings. The van der Waals surface area contributed by atoms with Gasteiger partial charge in [0.2, 0.25) is 0 Å². The van der Waals surface area contributed by atoms with Crippen LogP contribution in [0.25, 0.3) is 32.0 Å². The van der Waals surface area contributed by atoms with E-state index in [2.05, 4.69) is 55.0 Å². The van der Waals surface area contributed by atoms with Crippen LogP contribution in [0.2, 0.25) is 0 Å². The van der Waals surface area contributed by atoms with E-state index in [0.29, 0.717) is 29.0 Å². The van der Waals surface area contributed by atoms with Crippen LogP contribution >= 0.6 is 18.7 Å². The fraction of sp³-hybridized carbons (Fsp3) is 0.148. The molecule has 0 aliphatic carbocycles. The van der Waals surface area contributed by atoms with E-state index in [1.165, 1.54) is 29.0 Å². The average Bonchev–Trinajstić information content (AvgIpc) is 3.33. The normalized spacial score (nSPS) is 12.2. The van der Waals surface area contributed by atoms with Crippen LogP contribution in [0.4, 0.5) is 0 Å². The summed E-state index contributed by atoms with van der Waals surface area (Å²) in [7, 11) is -3.50. The van der Waals surface area contributed by atoms with Crippen molar-refractivity contribution in [1.82, 2.24) is 15.0 Å². The third-order valence-corrected chi connectivity index (χ3v) is 9.26. The van der Waals surface area contributed by atoms with Gasteiger partial charge in [0.1, 0.15) is 9.60 Å². The van der Waals surface area contributed by atoms with E-state index in [4.69, 9.17) is 21.0 Å². The molecule has 10 heteroatoms. The SMILES string of the molecule is CC(C)(C)c1ccc(-c2cc3nc(-c4ccncc4)nc(OS(=O)(=O)c4ccc(P=S)cc4)c3s2)cc1. The molecule has 0 saturated carbocycles. The predicted molar refractivity (Wildman–Crippen MR) is 153 cm³/mol. The molecule has 3 heterocycles. The third-order valence-electron chi connectivity index (χ3n) is 5.73. The standard InChI is InChI=1S/C27H22N3O3PS3/c1-27(2,3)19-6-4-17(5-7-19)23-16-22-24(36-23)26(30-25(29-22)18-12-14-28-15-13-18)33-37(31,32)21-10-8-20(34-35)9-11-21/h4-16H,1-3H3. The van der Waals surface area contributed by atoms with Gasteiger partial charge in [0, 0.05) is 35.5 Å². The van der Waals surface area contributed by atoms with Crippen molar-refractivity contribution in [3.63, 3.8) is 0 Å². The van der Waals surface area contributed by atoms with Crippen molar-refractivity contribution < 1.29 is 12.6 Å². The van der Waals surface area contributed by atoms with Crippen molar-refractivity contribution in [1.29, 1.82) is 0 Å². The Bertz CT molecular complexity index is 1700. The predicted octanol–water partition coefficient (Wildman–Crippen LogP) is 6.52. The van der Waals surface area contributed by atoms with Crippen LogP contribution in [-0.2, 0) is 27.3 Å². The van der Waals surface area contributed by atoms with Crippen molar-refractivity contribution in [3.8, 4) is 27.7 Å². The highest BCUT2D eigenvalue weighted by molar-refractivity contribution is 7.99. The zero-order valence-corrected chi connectivity index (χ0v) is 23.6. The van der Waals surface area contributed by atoms with E-state index in [-0.39, 0.29) is 16.2 Å². The maximum Gasteiger partial charge on any atom is 0.340 e. The van der Waals surface area contributed by atoms with Crippen LogP contribution in [0.3, 0.4) is 0 Å². The van der Waals surface area contributed by atoms with Crippen LogP contribution in [0.5, 0.6) is 5.88 Å². The maximum atomic E-state index is 13.2. The van der Waals surface area contributed by atoms with Gasteiger partial charge >= 0.3 is 10.1 Å². The summed E-state index contributed by atoms with van der Waals surface area (Å²) in [6.07, 6.45) is 3.27. The van der Waals surface area contributed by atoms with Crippen LogP contribution in [0.1, 0.15) is 26.3 Å². The van der Waals surface area contributed by atoms with Crippen LogP contribution in [0, 0.1) is 0 Å². The molecule has 0 bridgehead atoms. The first kappa shape index (κ1) is 25.5. The number of pyridine rings is 1. The molecule has 6 nitrogen and oxygen atoms in total. The van der Waals surface area contributed by atoms with Gasteiger partial charge < -0.3 is 4.18 Å². The first-order valence-corrected chi connectivity index (χ1v) is 15.5. The quantitative estimate of drug-likeness (QED) is 0.172. The molecule has 0 atom stereocenters. The van der Waals surface area contributed by atoms with Gasteiger partial charge in [0.25, 0.3) is 5.88 Å². The number of rotatable bonds is 6. The molecule has 0 N–H and O–H groups in total. The van der Waals surface area contributed by atoms with E-state index in [1.807, 2.05) is 6.07 Å². The van der Waals surface area contributed by atoms with Crippen LogP contribution < -0.4 is 9.49 Å². The minimum atomic E-state index is -4.14. The summed E-state index contributed by atoms with van der Waals surface area (Å²) in [6, 6.07) is 20.2. The summed E-state index contributed by atoms with van der Waals surface area (Å²) >= 11 is 6.41. The van der Waals surface area contributed by atoms with Crippen molar-refractivity contribution in [2.45, 2.75) is 31.1 Å². The second kappa shape index (κ2) is 9.99. The minimum Gasteiger partial charge on any atom is -0.356 e. The molecular weight excluding hydrogens is 541 g/mol. The Morgan fingerprint density at radius 1 is 0.892 bits per heavy atom. The highest BCUT2D eigenvalue weighted by Crippen LogP contribution is 2.39. The van der Waals surface area contributed by atoms with Crippen molar-refractivity contribution in [3.05, 3.63) is 84.7 Å². The second-order valence-corrected chi connectivity index (χ2v) is 13.2. The monoisotopic (exact) mass is 563 g/mol. The second-order valence-electron chi connectivity index (χ2n) is 9.36. The Hall–Kier alpha value is -3.10. The van der Waals surface area contributed by atoms with Crippen molar-refractivity contribution >= 4 is 56.1 Å². The molecule has 186 valence electrons. The number of fused-ring (bicyclic) bond motifs is 1. The van der Waals surface area contributed by atoms with Gasteiger partial charge in [-0.3, -0.25) is 4.98 Å². The molecule has 0 aliphatic rings. The zero-order chi connectivity index (χ0) is 26.2. The lowest BCUT2D eigenvalue weighted by Crippen LogP contribution is -2.12. The van der Waals surface area contributed by atoms with Gasteiger partial charge in [-0.2, -0.15) is 13.4 Å². The van der Waals surface area contributed by atoms with Gasteiger partial charge in [-0.05, 0) is 59.0 Å². The Morgan fingerprint density at radius 3 is 2.19 bits per heavy atom. The lowest BCUT2D eigenvalue weighted by atomic mass is 9.86. The van der Waals surface area contributed by atoms with E-state index in [0.717, 1.165) is 15.7 Å². The fourth-order valence-corrected chi connectivity index (χ4v) is 6.30. The summed E-state index contributed by atoms with van der Waals surface area (Å²) in [5, 5.41) is 0.832. The van der Waals surface area contributed by atoms with E-state index in [1.54, 1.807) is 36.7 Å². The number of hydrogen-bond acceptors (Lipinski definition) is 8. The van der Waals surface area contributed by atoms with Gasteiger partial charge in [0.15, 0.2) is 5.82 Å². The molecule has 37 heavy (non-hydrogen) atoms. The summed E-state index contributed by atoms with van der Waals surface area (Å²) in [6.45, 7) is 6.52. The van der Waals surface area contributed by atoms with Crippen molar-refractivity contribution in [2.75, 3.05) is 0 Å². The number of nitrogens with zero attached hydrogens (tertiary/aromatic N) is 3. The summed E-state index contributed by atoms with van der Waals surface area (Å²) in [5.74, 6) is 0.345. The van der Waals surface area contributed by atoms with Gasteiger partial charge in [-0.25, -0.2) is 4.98 Å². The molecule has 0 aliphatic heterocycles. The van der Waals surface area contributed by atoms with Gasteiger partial charge in [-0.15, -0.1) is 11.3 Å². The Kier molecular flexibility index (Phi) is 6.89. The summed E-state index contributed by atoms with van der Waals surface area (Å²) in [5.41, 5.74) is 3.59. The van der Waals surface area contributed by atoms with Crippen molar-refractivity contribution in [2.24, 2.45) is 0 Å².